The first kappa shape index (κ1) is 14.9. The number of rotatable bonds is 5. The van der Waals surface area contributed by atoms with Crippen LogP contribution in [0.3, 0.4) is 0 Å². The summed E-state index contributed by atoms with van der Waals surface area (Å²) in [4.78, 5) is 4.33. The Bertz CT molecular complexity index is 790. The van der Waals surface area contributed by atoms with E-state index in [2.05, 4.69) is 4.98 Å². The molecule has 0 saturated heterocycles. The fourth-order valence-corrected chi connectivity index (χ4v) is 2.93. The van der Waals surface area contributed by atoms with E-state index in [1.54, 1.807) is 30.3 Å². The lowest BCUT2D eigenvalue weighted by Gasteiger charge is -2.10. The molecule has 0 spiro atoms. The topological polar surface area (TPSA) is 62.6 Å². The van der Waals surface area contributed by atoms with Gasteiger partial charge in [-0.2, -0.15) is 0 Å². The van der Waals surface area contributed by atoms with Crippen molar-refractivity contribution in [2.24, 2.45) is 0 Å². The molecule has 114 valence electrons. The molecule has 1 aromatic heterocycles. The number of aliphatic hydroxyl groups excluding tert-OH is 2. The number of halogens is 1. The highest BCUT2D eigenvalue weighted by Crippen LogP contribution is 2.25. The molecule has 2 N–H and O–H groups in total. The monoisotopic (exact) mass is 319 g/mol. The van der Waals surface area contributed by atoms with E-state index >= 15 is 0 Å². The molecule has 1 heterocycles. The van der Waals surface area contributed by atoms with Gasteiger partial charge in [0.2, 0.25) is 0 Å². The summed E-state index contributed by atoms with van der Waals surface area (Å²) in [7, 11) is 0. The van der Waals surface area contributed by atoms with Gasteiger partial charge in [0.1, 0.15) is 29.3 Å². The molecule has 1 unspecified atom stereocenters. The smallest absolute Gasteiger partial charge is 0.140 e. The summed E-state index contributed by atoms with van der Waals surface area (Å²) in [6.07, 6.45) is -0.922. The van der Waals surface area contributed by atoms with Crippen LogP contribution >= 0.6 is 11.3 Å². The lowest BCUT2D eigenvalue weighted by Crippen LogP contribution is -2.03. The van der Waals surface area contributed by atoms with E-state index in [4.69, 9.17) is 9.84 Å². The van der Waals surface area contributed by atoms with Gasteiger partial charge in [-0.3, -0.25) is 0 Å². The Kier molecular flexibility index (Phi) is 4.33. The Morgan fingerprint density at radius 2 is 2.09 bits per heavy atom. The van der Waals surface area contributed by atoms with Crippen LogP contribution in [-0.2, 0) is 6.61 Å². The molecule has 0 amide bonds. The minimum atomic E-state index is -0.922. The van der Waals surface area contributed by atoms with Gasteiger partial charge in [0.05, 0.1) is 16.8 Å². The first-order valence-corrected chi connectivity index (χ1v) is 7.54. The second-order valence-electron chi connectivity index (χ2n) is 4.78. The van der Waals surface area contributed by atoms with Gasteiger partial charge in [0, 0.05) is 6.07 Å². The van der Waals surface area contributed by atoms with Crippen molar-refractivity contribution < 1.29 is 19.3 Å². The number of hydrogen-bond acceptors (Lipinski definition) is 5. The lowest BCUT2D eigenvalue weighted by atomic mass is 10.1. The molecule has 3 rings (SSSR count). The van der Waals surface area contributed by atoms with E-state index in [1.807, 2.05) is 0 Å². The summed E-state index contributed by atoms with van der Waals surface area (Å²) in [5.74, 6) is 0.270. The van der Waals surface area contributed by atoms with Crippen molar-refractivity contribution >= 4 is 21.6 Å². The van der Waals surface area contributed by atoms with Gasteiger partial charge < -0.3 is 14.9 Å². The fourth-order valence-electron chi connectivity index (χ4n) is 2.07. The highest BCUT2D eigenvalue weighted by molar-refractivity contribution is 7.18. The van der Waals surface area contributed by atoms with Crippen molar-refractivity contribution in [3.05, 3.63) is 58.9 Å². The van der Waals surface area contributed by atoms with Crippen molar-refractivity contribution in [3.8, 4) is 5.75 Å². The largest absolute Gasteiger partial charge is 0.486 e. The van der Waals surface area contributed by atoms with Crippen LogP contribution in [0.25, 0.3) is 10.2 Å². The Morgan fingerprint density at radius 3 is 2.91 bits per heavy atom. The van der Waals surface area contributed by atoms with Crippen molar-refractivity contribution in [1.82, 2.24) is 4.98 Å². The third kappa shape index (κ3) is 3.24. The zero-order valence-electron chi connectivity index (χ0n) is 11.6. The average molecular weight is 319 g/mol. The maximum atomic E-state index is 13.1. The minimum absolute atomic E-state index is 0.264. The Hall–Kier alpha value is -2.02. The van der Waals surface area contributed by atoms with Crippen molar-refractivity contribution in [3.63, 3.8) is 0 Å². The summed E-state index contributed by atoms with van der Waals surface area (Å²) in [6, 6.07) is 11.4. The van der Waals surface area contributed by atoms with Crippen LogP contribution in [-0.4, -0.2) is 21.8 Å². The molecule has 0 fully saturated rings. The molecule has 0 aliphatic carbocycles. The first-order chi connectivity index (χ1) is 10.7. The highest BCUT2D eigenvalue weighted by Gasteiger charge is 2.08. The number of nitrogens with zero attached hydrogens (tertiary/aromatic N) is 1. The van der Waals surface area contributed by atoms with E-state index in [9.17, 15) is 9.50 Å². The second kappa shape index (κ2) is 6.39. The summed E-state index contributed by atoms with van der Waals surface area (Å²) in [6.45, 7) is -0.0769. The van der Waals surface area contributed by atoms with E-state index in [-0.39, 0.29) is 19.0 Å². The third-order valence-electron chi connectivity index (χ3n) is 3.17. The number of ether oxygens (including phenoxy) is 1. The van der Waals surface area contributed by atoms with Gasteiger partial charge in [-0.1, -0.05) is 12.1 Å². The quantitative estimate of drug-likeness (QED) is 0.759. The van der Waals surface area contributed by atoms with Gasteiger partial charge in [-0.25, -0.2) is 9.37 Å². The number of benzene rings is 2. The van der Waals surface area contributed by atoms with E-state index < -0.39 is 6.10 Å². The van der Waals surface area contributed by atoms with E-state index in [0.717, 1.165) is 9.71 Å². The Labute approximate surface area is 130 Å². The molecule has 1 atom stereocenters. The number of aliphatic hydroxyl groups is 2. The normalized spacial score (nSPS) is 12.5. The molecule has 0 aliphatic rings. The van der Waals surface area contributed by atoms with E-state index in [1.165, 1.54) is 23.5 Å². The average Bonchev–Trinajstić information content (AvgIpc) is 2.94. The molecular weight excluding hydrogens is 305 g/mol. The van der Waals surface area contributed by atoms with Crippen LogP contribution in [0.15, 0.2) is 42.5 Å². The molecule has 3 aromatic rings. The molecule has 6 heteroatoms. The van der Waals surface area contributed by atoms with Gasteiger partial charge in [-0.05, 0) is 29.8 Å². The summed E-state index contributed by atoms with van der Waals surface area (Å²) in [5, 5.41) is 19.3. The standard InChI is InChI=1S/C16H14FNO3S/c17-11-4-5-15-13(7-11)18-16(22-15)9-21-12-3-1-2-10(6-12)14(20)8-19/h1-7,14,19-20H,8-9H2. The summed E-state index contributed by atoms with van der Waals surface area (Å²) in [5.41, 5.74) is 1.21. The predicted molar refractivity (Wildman–Crippen MR) is 82.4 cm³/mol. The lowest BCUT2D eigenvalue weighted by molar-refractivity contribution is 0.0953. The van der Waals surface area contributed by atoms with Gasteiger partial charge in [0.25, 0.3) is 0 Å². The maximum absolute atomic E-state index is 13.1. The van der Waals surface area contributed by atoms with Crippen LogP contribution < -0.4 is 4.74 Å². The molecule has 4 nitrogen and oxygen atoms in total. The molecule has 22 heavy (non-hydrogen) atoms. The highest BCUT2D eigenvalue weighted by atomic mass is 32.1. The molecule has 0 aliphatic heterocycles. The van der Waals surface area contributed by atoms with Gasteiger partial charge >= 0.3 is 0 Å². The fraction of sp³-hybridized carbons (Fsp3) is 0.188. The number of hydrogen-bond donors (Lipinski definition) is 2. The number of fused-ring (bicyclic) bond motifs is 1. The summed E-state index contributed by atoms with van der Waals surface area (Å²) >= 11 is 1.45. The van der Waals surface area contributed by atoms with Crippen LogP contribution in [0.1, 0.15) is 16.7 Å². The Morgan fingerprint density at radius 1 is 1.23 bits per heavy atom. The zero-order valence-corrected chi connectivity index (χ0v) is 12.4. The van der Waals surface area contributed by atoms with Crippen molar-refractivity contribution in [2.45, 2.75) is 12.7 Å². The summed E-state index contributed by atoms with van der Waals surface area (Å²) < 4.78 is 19.7. The van der Waals surface area contributed by atoms with Crippen molar-refractivity contribution in [2.75, 3.05) is 6.61 Å². The predicted octanol–water partition coefficient (Wildman–Crippen LogP) is 3.04. The molecule has 2 aromatic carbocycles. The van der Waals surface area contributed by atoms with Gasteiger partial charge in [-0.15, -0.1) is 11.3 Å². The van der Waals surface area contributed by atoms with Crippen LogP contribution in [0.5, 0.6) is 5.75 Å². The van der Waals surface area contributed by atoms with Crippen LogP contribution in [0.2, 0.25) is 0 Å². The zero-order chi connectivity index (χ0) is 15.5. The maximum Gasteiger partial charge on any atom is 0.140 e. The minimum Gasteiger partial charge on any atom is -0.486 e. The molecule has 0 radical (unpaired) electrons. The van der Waals surface area contributed by atoms with Crippen molar-refractivity contribution in [1.29, 1.82) is 0 Å². The Balaban J connectivity index is 1.73. The first-order valence-electron chi connectivity index (χ1n) is 6.72. The molecule has 0 saturated carbocycles. The second-order valence-corrected chi connectivity index (χ2v) is 5.89. The SMILES string of the molecule is OCC(O)c1cccc(OCc2nc3cc(F)ccc3s2)c1. The van der Waals surface area contributed by atoms with Crippen LogP contribution in [0.4, 0.5) is 4.39 Å². The molecule has 0 bridgehead atoms. The molecular formula is C16H14FNO3S. The third-order valence-corrected chi connectivity index (χ3v) is 4.18. The van der Waals surface area contributed by atoms with Crippen LogP contribution in [0, 0.1) is 5.82 Å². The number of aromatic nitrogens is 1. The number of thiazole rings is 1. The van der Waals surface area contributed by atoms with Gasteiger partial charge in [0.15, 0.2) is 0 Å². The van der Waals surface area contributed by atoms with E-state index in [0.29, 0.717) is 16.8 Å².